The summed E-state index contributed by atoms with van der Waals surface area (Å²) in [7, 11) is 0. The fourth-order valence-corrected chi connectivity index (χ4v) is 6.25. The van der Waals surface area contributed by atoms with Crippen molar-refractivity contribution in [3.05, 3.63) is 99.7 Å². The highest BCUT2D eigenvalue weighted by Crippen LogP contribution is 2.50. The predicted octanol–water partition coefficient (Wildman–Crippen LogP) is 8.18. The summed E-state index contributed by atoms with van der Waals surface area (Å²) in [5.41, 5.74) is 12.6. The van der Waals surface area contributed by atoms with E-state index in [4.69, 9.17) is 4.98 Å². The number of hydrogen-bond donors (Lipinski definition) is 0. The highest BCUT2D eigenvalue weighted by atomic mass is 79.9. The summed E-state index contributed by atoms with van der Waals surface area (Å²) in [4.78, 5) is 5.18. The third-order valence-corrected chi connectivity index (χ3v) is 8.03. The molecule has 2 aromatic heterocycles. The van der Waals surface area contributed by atoms with Gasteiger partial charge in [0.1, 0.15) is 5.65 Å². The summed E-state index contributed by atoms with van der Waals surface area (Å²) in [5, 5.41) is 1.34. The first-order valence-electron chi connectivity index (χ1n) is 11.6. The molecule has 0 amide bonds. The van der Waals surface area contributed by atoms with Gasteiger partial charge in [-0.2, -0.15) is 0 Å². The molecule has 5 aromatic rings. The molecule has 0 aliphatic heterocycles. The maximum Gasteiger partial charge on any atom is 0.145 e. The molecule has 33 heavy (non-hydrogen) atoms. The Kier molecular flexibility index (Phi) is 3.91. The lowest BCUT2D eigenvalue weighted by Crippen LogP contribution is -2.14. The number of nitrogens with zero attached hydrogens (tertiary/aromatic N) is 2. The Hall–Kier alpha value is -3.17. The lowest BCUT2D eigenvalue weighted by Gasteiger charge is -2.21. The first kappa shape index (κ1) is 19.3. The van der Waals surface area contributed by atoms with Crippen LogP contribution < -0.4 is 0 Å². The Bertz CT molecular complexity index is 1650. The standard InChI is InChI=1S/C30H23BrN2/c1-30(2)25-13-11-18(15-23(25)24-16-19(31)12-14-26(24)30)27-17-33-28-10-6-5-8-21(28)20-7-3-4-9-22(20)29(33)32-27/h4-6,8-17H,3,7H2,1-2H3. The molecule has 2 aliphatic rings. The molecular formula is C30H23BrN2. The molecular weight excluding hydrogens is 468 g/mol. The number of hydrogen-bond acceptors (Lipinski definition) is 1. The molecule has 0 unspecified atom stereocenters. The second kappa shape index (κ2) is 6.68. The largest absolute Gasteiger partial charge is 0.299 e. The number of allylic oxidation sites excluding steroid dienone is 1. The molecule has 160 valence electrons. The summed E-state index contributed by atoms with van der Waals surface area (Å²) in [6.45, 7) is 4.64. The van der Waals surface area contributed by atoms with Crippen LogP contribution in [-0.2, 0) is 11.8 Å². The van der Waals surface area contributed by atoms with Crippen molar-refractivity contribution in [1.29, 1.82) is 0 Å². The van der Waals surface area contributed by atoms with Gasteiger partial charge in [-0.25, -0.2) is 4.98 Å². The van der Waals surface area contributed by atoms with Gasteiger partial charge in [-0.3, -0.25) is 4.40 Å². The average Bonchev–Trinajstić information content (AvgIpc) is 3.37. The normalized spacial score (nSPS) is 15.6. The van der Waals surface area contributed by atoms with Gasteiger partial charge in [0.05, 0.1) is 11.2 Å². The van der Waals surface area contributed by atoms with E-state index in [1.165, 1.54) is 49.8 Å². The fraction of sp³-hybridized carbons (Fsp3) is 0.167. The highest BCUT2D eigenvalue weighted by Gasteiger charge is 2.35. The molecule has 0 saturated carbocycles. The van der Waals surface area contributed by atoms with Crippen LogP contribution in [0.1, 0.15) is 42.5 Å². The monoisotopic (exact) mass is 490 g/mol. The van der Waals surface area contributed by atoms with Crippen molar-refractivity contribution in [3.63, 3.8) is 0 Å². The van der Waals surface area contributed by atoms with Gasteiger partial charge in [0.25, 0.3) is 0 Å². The number of aryl methyl sites for hydroxylation is 1. The number of benzene rings is 3. The quantitative estimate of drug-likeness (QED) is 0.231. The second-order valence-electron chi connectivity index (χ2n) is 9.75. The van der Waals surface area contributed by atoms with Crippen molar-refractivity contribution < 1.29 is 0 Å². The molecule has 3 heteroatoms. The van der Waals surface area contributed by atoms with E-state index in [2.05, 4.69) is 113 Å². The summed E-state index contributed by atoms with van der Waals surface area (Å²) < 4.78 is 3.40. The summed E-state index contributed by atoms with van der Waals surface area (Å²) in [5.74, 6) is 0. The van der Waals surface area contributed by atoms with E-state index in [-0.39, 0.29) is 5.41 Å². The molecule has 0 N–H and O–H groups in total. The zero-order valence-electron chi connectivity index (χ0n) is 18.7. The van der Waals surface area contributed by atoms with Crippen molar-refractivity contribution in [2.75, 3.05) is 0 Å². The van der Waals surface area contributed by atoms with Crippen LogP contribution in [0.4, 0.5) is 0 Å². The molecule has 2 nitrogen and oxygen atoms in total. The Labute approximate surface area is 201 Å². The lowest BCUT2D eigenvalue weighted by molar-refractivity contribution is 0.660. The minimum atomic E-state index is 0.00286. The smallest absolute Gasteiger partial charge is 0.145 e. The summed E-state index contributed by atoms with van der Waals surface area (Å²) >= 11 is 3.68. The maximum atomic E-state index is 5.18. The van der Waals surface area contributed by atoms with Crippen LogP contribution in [0.15, 0.2) is 77.4 Å². The number of para-hydroxylation sites is 1. The van der Waals surface area contributed by atoms with Gasteiger partial charge in [-0.15, -0.1) is 0 Å². The van der Waals surface area contributed by atoms with Crippen molar-refractivity contribution in [2.24, 2.45) is 0 Å². The van der Waals surface area contributed by atoms with Gasteiger partial charge in [-0.1, -0.05) is 78.3 Å². The van der Waals surface area contributed by atoms with Gasteiger partial charge in [0.2, 0.25) is 0 Å². The maximum absolute atomic E-state index is 5.18. The molecule has 0 saturated heterocycles. The Morgan fingerprint density at radius 1 is 0.939 bits per heavy atom. The molecule has 7 rings (SSSR count). The zero-order valence-corrected chi connectivity index (χ0v) is 20.3. The topological polar surface area (TPSA) is 17.3 Å². The number of halogens is 1. The fourth-order valence-electron chi connectivity index (χ4n) is 5.89. The van der Waals surface area contributed by atoms with Crippen LogP contribution >= 0.6 is 15.9 Å². The minimum absolute atomic E-state index is 0.00286. The lowest BCUT2D eigenvalue weighted by atomic mass is 9.82. The third kappa shape index (κ3) is 2.63. The molecule has 2 heterocycles. The molecule has 0 atom stereocenters. The Morgan fingerprint density at radius 3 is 2.61 bits per heavy atom. The number of imidazole rings is 1. The van der Waals surface area contributed by atoms with Gasteiger partial charge >= 0.3 is 0 Å². The number of aromatic nitrogens is 2. The van der Waals surface area contributed by atoms with Gasteiger partial charge in [0, 0.05) is 32.6 Å². The van der Waals surface area contributed by atoms with Crippen LogP contribution in [-0.4, -0.2) is 9.38 Å². The van der Waals surface area contributed by atoms with Crippen molar-refractivity contribution in [1.82, 2.24) is 9.38 Å². The first-order valence-corrected chi connectivity index (χ1v) is 12.4. The first-order chi connectivity index (χ1) is 16.0. The molecule has 0 spiro atoms. The zero-order chi connectivity index (χ0) is 22.3. The van der Waals surface area contributed by atoms with Crippen molar-refractivity contribution >= 4 is 38.6 Å². The minimum Gasteiger partial charge on any atom is -0.299 e. The van der Waals surface area contributed by atoms with Crippen LogP contribution in [0, 0.1) is 0 Å². The second-order valence-corrected chi connectivity index (χ2v) is 10.7. The summed E-state index contributed by atoms with van der Waals surface area (Å²) in [6.07, 6.45) is 8.92. The number of fused-ring (bicyclic) bond motifs is 9. The van der Waals surface area contributed by atoms with E-state index in [0.717, 1.165) is 28.7 Å². The molecule has 0 bridgehead atoms. The molecule has 0 radical (unpaired) electrons. The highest BCUT2D eigenvalue weighted by molar-refractivity contribution is 9.10. The van der Waals surface area contributed by atoms with Crippen LogP contribution in [0.3, 0.4) is 0 Å². The molecule has 0 fully saturated rings. The Balaban J connectivity index is 1.48. The predicted molar refractivity (Wildman–Crippen MR) is 141 cm³/mol. The van der Waals surface area contributed by atoms with Crippen LogP contribution in [0.5, 0.6) is 0 Å². The van der Waals surface area contributed by atoms with Crippen molar-refractivity contribution in [3.8, 4) is 22.4 Å². The van der Waals surface area contributed by atoms with Crippen LogP contribution in [0.25, 0.3) is 45.0 Å². The van der Waals surface area contributed by atoms with E-state index in [1.54, 1.807) is 0 Å². The average molecular weight is 491 g/mol. The van der Waals surface area contributed by atoms with E-state index < -0.39 is 0 Å². The van der Waals surface area contributed by atoms with E-state index in [0.29, 0.717) is 0 Å². The number of rotatable bonds is 1. The number of pyridine rings is 1. The van der Waals surface area contributed by atoms with Gasteiger partial charge in [-0.05, 0) is 64.9 Å². The third-order valence-electron chi connectivity index (χ3n) is 7.54. The van der Waals surface area contributed by atoms with E-state index in [1.807, 2.05) is 0 Å². The summed E-state index contributed by atoms with van der Waals surface area (Å²) in [6, 6.07) is 22.3. The van der Waals surface area contributed by atoms with Gasteiger partial charge in [0.15, 0.2) is 0 Å². The SMILES string of the molecule is CC1(C)c2ccc(Br)cc2-c2cc(-c3cn4c(n3)c3c(c5ccccc54)CCC=C3)ccc21. The van der Waals surface area contributed by atoms with Gasteiger partial charge < -0.3 is 0 Å². The van der Waals surface area contributed by atoms with E-state index >= 15 is 0 Å². The van der Waals surface area contributed by atoms with Crippen LogP contribution in [0.2, 0.25) is 0 Å². The molecule has 2 aliphatic carbocycles. The molecule has 3 aromatic carbocycles. The Morgan fingerprint density at radius 2 is 1.73 bits per heavy atom. The van der Waals surface area contributed by atoms with E-state index in [9.17, 15) is 0 Å². The van der Waals surface area contributed by atoms with Crippen molar-refractivity contribution in [2.45, 2.75) is 32.1 Å².